The van der Waals surface area contributed by atoms with Gasteiger partial charge in [0.2, 0.25) is 0 Å². The summed E-state index contributed by atoms with van der Waals surface area (Å²) in [5, 5.41) is 13.6. The quantitative estimate of drug-likeness (QED) is 0.409. The molecule has 2 N–H and O–H groups in total. The van der Waals surface area contributed by atoms with E-state index in [2.05, 4.69) is 0 Å². The molecule has 0 amide bonds. The molecule has 0 aromatic heterocycles. The minimum absolute atomic E-state index is 0.590. The van der Waals surface area contributed by atoms with Crippen molar-refractivity contribution in [3.05, 3.63) is 12.4 Å². The van der Waals surface area contributed by atoms with Crippen molar-refractivity contribution in [1.29, 1.82) is 10.8 Å². The lowest BCUT2D eigenvalue weighted by molar-refractivity contribution is 0.461. The first-order chi connectivity index (χ1) is 4.36. The zero-order chi connectivity index (χ0) is 6.69. The summed E-state index contributed by atoms with van der Waals surface area (Å²) in [5.74, 6) is 0. The molecule has 0 bridgehead atoms. The van der Waals surface area contributed by atoms with Crippen LogP contribution in [0, 0.1) is 10.8 Å². The maximum absolute atomic E-state index is 6.81. The number of hydrogen-bond donors (Lipinski definition) is 2. The standard InChI is InChI=1S/C5H8N4/c6-3-8-1-2-9(4-7)5-8/h1-4,6-7H,5H2. The van der Waals surface area contributed by atoms with E-state index in [4.69, 9.17) is 10.8 Å². The first-order valence-electron chi connectivity index (χ1n) is 2.58. The van der Waals surface area contributed by atoms with Gasteiger partial charge in [0.15, 0.2) is 0 Å². The van der Waals surface area contributed by atoms with Gasteiger partial charge in [0.1, 0.15) is 6.67 Å². The Morgan fingerprint density at radius 1 is 1.11 bits per heavy atom. The molecule has 0 fully saturated rings. The van der Waals surface area contributed by atoms with Gasteiger partial charge in [-0.1, -0.05) is 0 Å². The van der Waals surface area contributed by atoms with E-state index in [-0.39, 0.29) is 0 Å². The van der Waals surface area contributed by atoms with E-state index in [1.807, 2.05) is 0 Å². The second-order valence-corrected chi connectivity index (χ2v) is 1.73. The summed E-state index contributed by atoms with van der Waals surface area (Å²) >= 11 is 0. The maximum Gasteiger partial charge on any atom is 0.101 e. The second-order valence-electron chi connectivity index (χ2n) is 1.73. The highest BCUT2D eigenvalue weighted by Crippen LogP contribution is 1.99. The Morgan fingerprint density at radius 3 is 1.78 bits per heavy atom. The van der Waals surface area contributed by atoms with E-state index >= 15 is 0 Å². The third kappa shape index (κ3) is 1.07. The van der Waals surface area contributed by atoms with Crippen LogP contribution in [0.15, 0.2) is 12.4 Å². The molecule has 48 valence electrons. The van der Waals surface area contributed by atoms with E-state index in [1.165, 1.54) is 12.7 Å². The molecule has 0 atom stereocenters. The van der Waals surface area contributed by atoms with Gasteiger partial charge in [-0.2, -0.15) is 0 Å². The molecule has 0 saturated heterocycles. The fourth-order valence-corrected chi connectivity index (χ4v) is 0.622. The van der Waals surface area contributed by atoms with Crippen molar-refractivity contribution >= 4 is 12.7 Å². The van der Waals surface area contributed by atoms with E-state index < -0.39 is 0 Å². The van der Waals surface area contributed by atoms with Gasteiger partial charge in [0.05, 0.1) is 12.7 Å². The third-order valence-corrected chi connectivity index (χ3v) is 1.11. The Bertz CT molecular complexity index is 135. The van der Waals surface area contributed by atoms with E-state index in [9.17, 15) is 0 Å². The molecule has 1 aliphatic rings. The molecule has 9 heavy (non-hydrogen) atoms. The average Bonchev–Trinajstić information content (AvgIpc) is 2.34. The van der Waals surface area contributed by atoms with Crippen LogP contribution in [0.4, 0.5) is 0 Å². The van der Waals surface area contributed by atoms with Crippen LogP contribution in [0.25, 0.3) is 0 Å². The third-order valence-electron chi connectivity index (χ3n) is 1.11. The van der Waals surface area contributed by atoms with Crippen molar-refractivity contribution in [1.82, 2.24) is 9.80 Å². The van der Waals surface area contributed by atoms with Crippen LogP contribution in [0.2, 0.25) is 0 Å². The topological polar surface area (TPSA) is 54.2 Å². The molecule has 0 aromatic carbocycles. The fraction of sp³-hybridized carbons (Fsp3) is 0.200. The van der Waals surface area contributed by atoms with Crippen molar-refractivity contribution in [2.24, 2.45) is 0 Å². The molecule has 0 aliphatic carbocycles. The summed E-state index contributed by atoms with van der Waals surface area (Å²) in [6.45, 7) is 0.590. The minimum atomic E-state index is 0.590. The van der Waals surface area contributed by atoms with Crippen LogP contribution in [-0.4, -0.2) is 29.1 Å². The molecule has 0 aromatic rings. The van der Waals surface area contributed by atoms with Crippen molar-refractivity contribution in [2.75, 3.05) is 6.67 Å². The average molecular weight is 124 g/mol. The van der Waals surface area contributed by atoms with Crippen LogP contribution < -0.4 is 0 Å². The van der Waals surface area contributed by atoms with Crippen molar-refractivity contribution < 1.29 is 0 Å². The van der Waals surface area contributed by atoms with E-state index in [0.717, 1.165) is 0 Å². The van der Waals surface area contributed by atoms with Gasteiger partial charge in [0.25, 0.3) is 0 Å². The molecule has 0 spiro atoms. The first-order valence-corrected chi connectivity index (χ1v) is 2.58. The predicted molar refractivity (Wildman–Crippen MR) is 35.3 cm³/mol. The SMILES string of the molecule is N=CN1C=CN(C=N)C1. The molecule has 1 heterocycles. The van der Waals surface area contributed by atoms with Gasteiger partial charge in [-0.3, -0.25) is 10.8 Å². The maximum atomic E-state index is 6.81. The lowest BCUT2D eigenvalue weighted by atomic mass is 10.8. The molecule has 4 nitrogen and oxygen atoms in total. The Labute approximate surface area is 53.4 Å². The van der Waals surface area contributed by atoms with Gasteiger partial charge in [-0.05, 0) is 0 Å². The number of rotatable bonds is 2. The Morgan fingerprint density at radius 2 is 1.56 bits per heavy atom. The predicted octanol–water partition coefficient (Wildman–Crippen LogP) is 0.247. The minimum Gasteiger partial charge on any atom is -0.319 e. The molecular weight excluding hydrogens is 116 g/mol. The van der Waals surface area contributed by atoms with Gasteiger partial charge >= 0.3 is 0 Å². The first kappa shape index (κ1) is 5.81. The molecule has 1 aliphatic heterocycles. The second kappa shape index (κ2) is 2.30. The number of nitrogens with zero attached hydrogens (tertiary/aromatic N) is 2. The van der Waals surface area contributed by atoms with Crippen LogP contribution in [0.5, 0.6) is 0 Å². The van der Waals surface area contributed by atoms with Crippen molar-refractivity contribution in [2.45, 2.75) is 0 Å². The number of hydrogen-bond acceptors (Lipinski definition) is 2. The summed E-state index contributed by atoms with van der Waals surface area (Å²) in [6.07, 6.45) is 5.94. The highest BCUT2D eigenvalue weighted by atomic mass is 15.3. The Kier molecular flexibility index (Phi) is 1.48. The molecule has 0 unspecified atom stereocenters. The molecule has 0 radical (unpaired) electrons. The molecule has 4 heteroatoms. The Hall–Kier alpha value is -1.32. The highest BCUT2D eigenvalue weighted by molar-refractivity contribution is 5.58. The van der Waals surface area contributed by atoms with Crippen molar-refractivity contribution in [3.63, 3.8) is 0 Å². The molecular formula is C5H8N4. The van der Waals surface area contributed by atoms with Crippen LogP contribution >= 0.6 is 0 Å². The summed E-state index contributed by atoms with van der Waals surface area (Å²) in [6, 6.07) is 0. The smallest absolute Gasteiger partial charge is 0.101 e. The highest BCUT2D eigenvalue weighted by Gasteiger charge is 2.05. The molecule has 0 saturated carbocycles. The Balaban J connectivity index is 2.48. The van der Waals surface area contributed by atoms with Gasteiger partial charge in [-0.15, -0.1) is 0 Å². The fourth-order valence-electron chi connectivity index (χ4n) is 0.622. The van der Waals surface area contributed by atoms with Crippen LogP contribution in [0.3, 0.4) is 0 Å². The molecule has 1 rings (SSSR count). The zero-order valence-corrected chi connectivity index (χ0v) is 4.91. The summed E-state index contributed by atoms with van der Waals surface area (Å²) in [5.41, 5.74) is 0. The summed E-state index contributed by atoms with van der Waals surface area (Å²) in [7, 11) is 0. The lowest BCUT2D eigenvalue weighted by Crippen LogP contribution is -2.22. The zero-order valence-electron chi connectivity index (χ0n) is 4.91. The van der Waals surface area contributed by atoms with Crippen molar-refractivity contribution in [3.8, 4) is 0 Å². The van der Waals surface area contributed by atoms with E-state index in [1.54, 1.807) is 22.2 Å². The van der Waals surface area contributed by atoms with Crippen LogP contribution in [-0.2, 0) is 0 Å². The lowest BCUT2D eigenvalue weighted by Gasteiger charge is -2.10. The largest absolute Gasteiger partial charge is 0.319 e. The monoisotopic (exact) mass is 124 g/mol. The van der Waals surface area contributed by atoms with Gasteiger partial charge in [0, 0.05) is 12.4 Å². The van der Waals surface area contributed by atoms with Gasteiger partial charge < -0.3 is 9.80 Å². The number of nitrogens with one attached hydrogen (secondary N) is 2. The summed E-state index contributed by atoms with van der Waals surface area (Å²) < 4.78 is 0. The normalized spacial score (nSPS) is 16.4. The van der Waals surface area contributed by atoms with Gasteiger partial charge in [-0.25, -0.2) is 0 Å². The van der Waals surface area contributed by atoms with Crippen LogP contribution in [0.1, 0.15) is 0 Å². The summed E-state index contributed by atoms with van der Waals surface area (Å²) in [4.78, 5) is 3.34. The van der Waals surface area contributed by atoms with E-state index in [0.29, 0.717) is 6.67 Å².